The molecule has 0 aliphatic carbocycles. The molecule has 0 aromatic carbocycles. The molecule has 0 aliphatic rings. The number of thiazole rings is 1. The highest BCUT2D eigenvalue weighted by Gasteiger charge is 2.19. The van der Waals surface area contributed by atoms with Crippen molar-refractivity contribution in [2.75, 3.05) is 13.6 Å². The standard InChI is InChI=1S/C11H21N3S/c1-4-9(2)11(5-12)14(3)6-10-7-15-8-13-10/h7-9,11H,4-6,12H2,1-3H3. The lowest BCUT2D eigenvalue weighted by atomic mass is 9.98. The van der Waals surface area contributed by atoms with Gasteiger partial charge in [-0.05, 0) is 13.0 Å². The number of hydrogen-bond donors (Lipinski definition) is 1. The van der Waals surface area contributed by atoms with Crippen molar-refractivity contribution in [2.45, 2.75) is 32.9 Å². The summed E-state index contributed by atoms with van der Waals surface area (Å²) < 4.78 is 0. The Labute approximate surface area is 96.3 Å². The molecule has 0 radical (unpaired) electrons. The maximum atomic E-state index is 5.82. The van der Waals surface area contributed by atoms with E-state index in [4.69, 9.17) is 5.73 Å². The number of aromatic nitrogens is 1. The van der Waals surface area contributed by atoms with Crippen molar-refractivity contribution in [2.24, 2.45) is 11.7 Å². The lowest BCUT2D eigenvalue weighted by Gasteiger charge is -2.30. The van der Waals surface area contributed by atoms with Crippen LogP contribution in [0, 0.1) is 5.92 Å². The van der Waals surface area contributed by atoms with E-state index in [1.807, 2.05) is 5.51 Å². The average molecular weight is 227 g/mol. The molecule has 1 aromatic rings. The number of hydrogen-bond acceptors (Lipinski definition) is 4. The van der Waals surface area contributed by atoms with Gasteiger partial charge in [-0.3, -0.25) is 4.90 Å². The van der Waals surface area contributed by atoms with Crippen molar-refractivity contribution in [1.82, 2.24) is 9.88 Å². The number of nitrogens with two attached hydrogens (primary N) is 1. The number of rotatable bonds is 6. The Kier molecular flexibility index (Phi) is 5.22. The van der Waals surface area contributed by atoms with Crippen LogP contribution in [0.3, 0.4) is 0 Å². The van der Waals surface area contributed by atoms with Crippen molar-refractivity contribution >= 4 is 11.3 Å². The fourth-order valence-electron chi connectivity index (χ4n) is 1.81. The van der Waals surface area contributed by atoms with Gasteiger partial charge in [0.1, 0.15) is 0 Å². The van der Waals surface area contributed by atoms with Gasteiger partial charge in [-0.1, -0.05) is 20.3 Å². The Bertz CT molecular complexity index is 261. The van der Waals surface area contributed by atoms with Crippen LogP contribution in [0.15, 0.2) is 10.9 Å². The van der Waals surface area contributed by atoms with Crippen molar-refractivity contribution in [3.63, 3.8) is 0 Å². The van der Waals surface area contributed by atoms with Gasteiger partial charge in [-0.2, -0.15) is 0 Å². The molecule has 2 atom stereocenters. The predicted molar refractivity (Wildman–Crippen MR) is 65.9 cm³/mol. The summed E-state index contributed by atoms with van der Waals surface area (Å²) in [6.45, 7) is 6.09. The van der Waals surface area contributed by atoms with Crippen LogP contribution in [0.4, 0.5) is 0 Å². The van der Waals surface area contributed by atoms with Crippen molar-refractivity contribution in [1.29, 1.82) is 0 Å². The van der Waals surface area contributed by atoms with E-state index in [1.165, 1.54) is 6.42 Å². The molecule has 0 saturated heterocycles. The second-order valence-corrected chi connectivity index (χ2v) is 4.80. The summed E-state index contributed by atoms with van der Waals surface area (Å²) in [5.41, 5.74) is 8.84. The first-order chi connectivity index (χ1) is 7.19. The monoisotopic (exact) mass is 227 g/mol. The Hall–Kier alpha value is -0.450. The lowest BCUT2D eigenvalue weighted by molar-refractivity contribution is 0.176. The van der Waals surface area contributed by atoms with Gasteiger partial charge in [-0.15, -0.1) is 11.3 Å². The van der Waals surface area contributed by atoms with Crippen LogP contribution in [0.1, 0.15) is 26.0 Å². The van der Waals surface area contributed by atoms with Crippen LogP contribution in [0.5, 0.6) is 0 Å². The summed E-state index contributed by atoms with van der Waals surface area (Å²) in [5.74, 6) is 0.638. The molecule has 0 bridgehead atoms. The molecule has 0 spiro atoms. The van der Waals surface area contributed by atoms with Crippen LogP contribution in [0.2, 0.25) is 0 Å². The maximum Gasteiger partial charge on any atom is 0.0795 e. The van der Waals surface area contributed by atoms with Gasteiger partial charge in [0.25, 0.3) is 0 Å². The molecule has 15 heavy (non-hydrogen) atoms. The van der Waals surface area contributed by atoms with Crippen molar-refractivity contribution in [3.05, 3.63) is 16.6 Å². The lowest BCUT2D eigenvalue weighted by Crippen LogP contribution is -2.42. The van der Waals surface area contributed by atoms with Crippen LogP contribution in [0.25, 0.3) is 0 Å². The molecule has 2 unspecified atom stereocenters. The highest BCUT2D eigenvalue weighted by molar-refractivity contribution is 7.07. The average Bonchev–Trinajstić information content (AvgIpc) is 2.71. The van der Waals surface area contributed by atoms with E-state index in [9.17, 15) is 0 Å². The first-order valence-electron chi connectivity index (χ1n) is 5.46. The van der Waals surface area contributed by atoms with E-state index >= 15 is 0 Å². The highest BCUT2D eigenvalue weighted by atomic mass is 32.1. The van der Waals surface area contributed by atoms with Crippen molar-refractivity contribution < 1.29 is 0 Å². The fraction of sp³-hybridized carbons (Fsp3) is 0.727. The third-order valence-electron chi connectivity index (χ3n) is 3.00. The zero-order chi connectivity index (χ0) is 11.3. The fourth-order valence-corrected chi connectivity index (χ4v) is 2.36. The smallest absolute Gasteiger partial charge is 0.0795 e. The molecule has 0 aliphatic heterocycles. The SMILES string of the molecule is CCC(C)C(CN)N(C)Cc1cscn1. The first kappa shape index (κ1) is 12.6. The summed E-state index contributed by atoms with van der Waals surface area (Å²) in [6.07, 6.45) is 1.17. The third kappa shape index (κ3) is 3.55. The van der Waals surface area contributed by atoms with E-state index in [2.05, 4.69) is 36.2 Å². The Morgan fingerprint density at radius 2 is 2.33 bits per heavy atom. The van der Waals surface area contributed by atoms with E-state index in [0.29, 0.717) is 12.0 Å². The molecule has 86 valence electrons. The van der Waals surface area contributed by atoms with E-state index in [1.54, 1.807) is 11.3 Å². The summed E-state index contributed by atoms with van der Waals surface area (Å²) in [7, 11) is 2.13. The van der Waals surface area contributed by atoms with E-state index < -0.39 is 0 Å². The zero-order valence-corrected chi connectivity index (χ0v) is 10.6. The molecule has 0 amide bonds. The van der Waals surface area contributed by atoms with Crippen LogP contribution in [-0.2, 0) is 6.54 Å². The molecule has 1 aromatic heterocycles. The van der Waals surface area contributed by atoms with Crippen LogP contribution < -0.4 is 5.73 Å². The second kappa shape index (κ2) is 6.20. The molecule has 2 N–H and O–H groups in total. The summed E-state index contributed by atoms with van der Waals surface area (Å²) in [6, 6.07) is 0.455. The van der Waals surface area contributed by atoms with Crippen molar-refractivity contribution in [3.8, 4) is 0 Å². The van der Waals surface area contributed by atoms with E-state index in [-0.39, 0.29) is 0 Å². The summed E-state index contributed by atoms with van der Waals surface area (Å²) >= 11 is 1.65. The zero-order valence-electron chi connectivity index (χ0n) is 9.81. The third-order valence-corrected chi connectivity index (χ3v) is 3.64. The van der Waals surface area contributed by atoms with Gasteiger partial charge in [0.2, 0.25) is 0 Å². The topological polar surface area (TPSA) is 42.1 Å². The molecule has 0 saturated carbocycles. The summed E-state index contributed by atoms with van der Waals surface area (Å²) in [4.78, 5) is 6.60. The van der Waals surface area contributed by atoms with Gasteiger partial charge in [0.05, 0.1) is 11.2 Å². The Morgan fingerprint density at radius 3 is 2.80 bits per heavy atom. The molecular formula is C11H21N3S. The molecule has 0 fully saturated rings. The molecule has 1 rings (SSSR count). The Balaban J connectivity index is 2.53. The van der Waals surface area contributed by atoms with Gasteiger partial charge < -0.3 is 5.73 Å². The van der Waals surface area contributed by atoms with Gasteiger partial charge in [-0.25, -0.2) is 4.98 Å². The van der Waals surface area contributed by atoms with Gasteiger partial charge >= 0.3 is 0 Å². The second-order valence-electron chi connectivity index (χ2n) is 4.08. The van der Waals surface area contributed by atoms with Gasteiger partial charge in [0, 0.05) is 24.5 Å². The minimum absolute atomic E-state index is 0.455. The minimum atomic E-state index is 0.455. The maximum absolute atomic E-state index is 5.82. The first-order valence-corrected chi connectivity index (χ1v) is 6.40. The highest BCUT2D eigenvalue weighted by Crippen LogP contribution is 2.15. The number of likely N-dealkylation sites (N-methyl/N-ethyl adjacent to an activating group) is 1. The largest absolute Gasteiger partial charge is 0.329 e. The van der Waals surface area contributed by atoms with Gasteiger partial charge in [0.15, 0.2) is 0 Å². The number of nitrogens with zero attached hydrogens (tertiary/aromatic N) is 2. The van der Waals surface area contributed by atoms with Crippen LogP contribution >= 0.6 is 11.3 Å². The summed E-state index contributed by atoms with van der Waals surface area (Å²) in [5, 5.41) is 2.10. The molecule has 4 heteroatoms. The molecular weight excluding hydrogens is 206 g/mol. The Morgan fingerprint density at radius 1 is 1.60 bits per heavy atom. The normalized spacial score (nSPS) is 15.5. The quantitative estimate of drug-likeness (QED) is 0.807. The molecule has 3 nitrogen and oxygen atoms in total. The molecule has 1 heterocycles. The predicted octanol–water partition coefficient (Wildman–Crippen LogP) is 1.95. The minimum Gasteiger partial charge on any atom is -0.329 e. The van der Waals surface area contributed by atoms with Crippen LogP contribution in [-0.4, -0.2) is 29.5 Å². The van der Waals surface area contributed by atoms with E-state index in [0.717, 1.165) is 18.8 Å².